The highest BCUT2D eigenvalue weighted by atomic mass is 16.7. The van der Waals surface area contributed by atoms with Crippen LogP contribution < -0.4 is 10.8 Å². The molecule has 2 N–H and O–H groups in total. The Bertz CT molecular complexity index is 881. The van der Waals surface area contributed by atoms with Crippen LogP contribution in [0.4, 0.5) is 4.79 Å². The smallest absolute Gasteiger partial charge is 0.408 e. The van der Waals surface area contributed by atoms with Crippen LogP contribution in [0, 0.1) is 0 Å². The minimum Gasteiger partial charge on any atom is -0.458 e. The second-order valence-corrected chi connectivity index (χ2v) is 8.44. The Balaban J connectivity index is 1.76. The molecule has 0 saturated carbocycles. The molecular weight excluding hydrogens is 424 g/mol. The number of rotatable bonds is 11. The van der Waals surface area contributed by atoms with Crippen LogP contribution in [0.3, 0.4) is 0 Å². The normalized spacial score (nSPS) is 11.8. The molecule has 2 rings (SSSR count). The van der Waals surface area contributed by atoms with E-state index in [-0.39, 0.29) is 6.61 Å². The maximum Gasteiger partial charge on any atom is 0.408 e. The van der Waals surface area contributed by atoms with Gasteiger partial charge in [-0.05, 0) is 57.7 Å². The number of hydrogen-bond acceptors (Lipinski definition) is 7. The Morgan fingerprint density at radius 3 is 2.18 bits per heavy atom. The number of alkyl carbamates (subject to hydrolysis) is 1. The molecule has 1 amide bonds. The van der Waals surface area contributed by atoms with E-state index in [9.17, 15) is 14.4 Å². The summed E-state index contributed by atoms with van der Waals surface area (Å²) in [5.74, 6) is -0.993. The van der Waals surface area contributed by atoms with Gasteiger partial charge >= 0.3 is 18.0 Å². The first-order chi connectivity index (χ1) is 15.7. The summed E-state index contributed by atoms with van der Waals surface area (Å²) in [5, 5.41) is 2.60. The second kappa shape index (κ2) is 13.2. The zero-order chi connectivity index (χ0) is 24.1. The van der Waals surface area contributed by atoms with Crippen molar-refractivity contribution in [2.75, 3.05) is 6.54 Å². The minimum atomic E-state index is -0.848. The highest BCUT2D eigenvalue weighted by Crippen LogP contribution is 2.12. The highest BCUT2D eigenvalue weighted by molar-refractivity contribution is 5.89. The third-order valence-corrected chi connectivity index (χ3v) is 4.39. The summed E-state index contributed by atoms with van der Waals surface area (Å²) >= 11 is 0. The molecule has 0 aromatic heterocycles. The second-order valence-electron chi connectivity index (χ2n) is 8.44. The SMILES string of the molecule is CC(C)(C)OC(=O)[C@H](CCCCNOC(=O)c1ccccc1)NC(=O)OCc1ccccc1. The monoisotopic (exact) mass is 456 g/mol. The van der Waals surface area contributed by atoms with Gasteiger partial charge in [-0.3, -0.25) is 0 Å². The van der Waals surface area contributed by atoms with Crippen molar-refractivity contribution < 1.29 is 28.7 Å². The zero-order valence-corrected chi connectivity index (χ0v) is 19.3. The summed E-state index contributed by atoms with van der Waals surface area (Å²) in [7, 11) is 0. The van der Waals surface area contributed by atoms with E-state index in [1.54, 1.807) is 45.0 Å². The van der Waals surface area contributed by atoms with Crippen molar-refractivity contribution in [2.24, 2.45) is 0 Å². The predicted molar refractivity (Wildman–Crippen MR) is 123 cm³/mol. The largest absolute Gasteiger partial charge is 0.458 e. The lowest BCUT2D eigenvalue weighted by Gasteiger charge is -2.24. The Morgan fingerprint density at radius 1 is 0.909 bits per heavy atom. The number of amides is 1. The molecule has 0 heterocycles. The molecule has 0 aliphatic rings. The fourth-order valence-corrected chi connectivity index (χ4v) is 2.82. The number of benzene rings is 2. The number of carbonyl (C=O) groups is 3. The number of hydrogen-bond donors (Lipinski definition) is 2. The number of unbranched alkanes of at least 4 members (excludes halogenated alkanes) is 1. The maximum absolute atomic E-state index is 12.6. The number of carbonyl (C=O) groups excluding carboxylic acids is 3. The minimum absolute atomic E-state index is 0.102. The number of nitrogens with one attached hydrogen (secondary N) is 2. The molecule has 8 nitrogen and oxygen atoms in total. The van der Waals surface area contributed by atoms with Gasteiger partial charge in [-0.25, -0.2) is 14.4 Å². The van der Waals surface area contributed by atoms with Crippen LogP contribution >= 0.6 is 0 Å². The highest BCUT2D eigenvalue weighted by Gasteiger charge is 2.26. The molecule has 0 bridgehead atoms. The van der Waals surface area contributed by atoms with Crippen molar-refractivity contribution in [1.82, 2.24) is 10.8 Å². The fourth-order valence-electron chi connectivity index (χ4n) is 2.82. The van der Waals surface area contributed by atoms with E-state index in [0.717, 1.165) is 5.56 Å². The van der Waals surface area contributed by atoms with Crippen LogP contribution in [-0.2, 0) is 25.7 Å². The Labute approximate surface area is 194 Å². The number of hydroxylamine groups is 1. The number of esters is 1. The van der Waals surface area contributed by atoms with E-state index in [1.165, 1.54) is 0 Å². The summed E-state index contributed by atoms with van der Waals surface area (Å²) < 4.78 is 10.7. The standard InChI is InChI=1S/C25H32N2O6/c1-25(2,3)32-23(29)21(27-24(30)31-18-19-12-6-4-7-13-19)16-10-11-17-26-33-22(28)20-14-8-5-9-15-20/h4-9,12-15,21,26H,10-11,16-18H2,1-3H3,(H,27,30)/t21-/m0/s1. The first-order valence-corrected chi connectivity index (χ1v) is 10.9. The number of ether oxygens (including phenoxy) is 2. The molecule has 0 fully saturated rings. The van der Waals surface area contributed by atoms with Gasteiger partial charge in [-0.2, -0.15) is 5.48 Å². The maximum atomic E-state index is 12.6. The quantitative estimate of drug-likeness (QED) is 0.227. The van der Waals surface area contributed by atoms with Crippen molar-refractivity contribution in [1.29, 1.82) is 0 Å². The van der Waals surface area contributed by atoms with Gasteiger partial charge in [0.25, 0.3) is 0 Å². The molecule has 0 radical (unpaired) electrons. The summed E-state index contributed by atoms with van der Waals surface area (Å²) in [4.78, 5) is 41.7. The van der Waals surface area contributed by atoms with Crippen LogP contribution in [0.15, 0.2) is 60.7 Å². The van der Waals surface area contributed by atoms with Crippen molar-refractivity contribution >= 4 is 18.0 Å². The molecule has 178 valence electrons. The van der Waals surface area contributed by atoms with Gasteiger partial charge in [-0.15, -0.1) is 0 Å². The third-order valence-electron chi connectivity index (χ3n) is 4.39. The molecule has 0 unspecified atom stereocenters. The van der Waals surface area contributed by atoms with Crippen molar-refractivity contribution in [3.05, 3.63) is 71.8 Å². The van der Waals surface area contributed by atoms with Gasteiger partial charge in [-0.1, -0.05) is 48.5 Å². The zero-order valence-electron chi connectivity index (χ0n) is 19.3. The molecule has 1 atom stereocenters. The van der Waals surface area contributed by atoms with Crippen LogP contribution in [0.1, 0.15) is 56.0 Å². The lowest BCUT2D eigenvalue weighted by molar-refractivity contribution is -0.157. The summed E-state index contributed by atoms with van der Waals surface area (Å²) in [5.41, 5.74) is 3.24. The van der Waals surface area contributed by atoms with Gasteiger partial charge in [0.15, 0.2) is 0 Å². The third kappa shape index (κ3) is 10.7. The van der Waals surface area contributed by atoms with Crippen molar-refractivity contribution in [3.8, 4) is 0 Å². The van der Waals surface area contributed by atoms with E-state index in [2.05, 4.69) is 10.8 Å². The van der Waals surface area contributed by atoms with Gasteiger partial charge in [0, 0.05) is 6.54 Å². The molecule has 0 spiro atoms. The van der Waals surface area contributed by atoms with Gasteiger partial charge < -0.3 is 19.6 Å². The lowest BCUT2D eigenvalue weighted by atomic mass is 10.1. The lowest BCUT2D eigenvalue weighted by Crippen LogP contribution is -2.44. The summed E-state index contributed by atoms with van der Waals surface area (Å²) in [6.45, 7) is 5.80. The molecule has 0 aliphatic carbocycles. The Hall–Kier alpha value is -3.39. The molecule has 2 aromatic carbocycles. The van der Waals surface area contributed by atoms with E-state index < -0.39 is 29.7 Å². The van der Waals surface area contributed by atoms with Crippen LogP contribution in [-0.4, -0.2) is 36.2 Å². The molecule has 0 saturated heterocycles. The molecule has 2 aromatic rings. The average molecular weight is 457 g/mol. The Morgan fingerprint density at radius 2 is 1.55 bits per heavy atom. The van der Waals surface area contributed by atoms with E-state index in [4.69, 9.17) is 14.3 Å². The topological polar surface area (TPSA) is 103 Å². The van der Waals surface area contributed by atoms with Gasteiger partial charge in [0.1, 0.15) is 18.2 Å². The Kier molecular flexibility index (Phi) is 10.4. The molecule has 33 heavy (non-hydrogen) atoms. The van der Waals surface area contributed by atoms with E-state index in [0.29, 0.717) is 31.4 Å². The molecule has 0 aliphatic heterocycles. The van der Waals surface area contributed by atoms with Crippen LogP contribution in [0.2, 0.25) is 0 Å². The van der Waals surface area contributed by atoms with Gasteiger partial charge in [0.2, 0.25) is 0 Å². The van der Waals surface area contributed by atoms with Crippen LogP contribution in [0.5, 0.6) is 0 Å². The first-order valence-electron chi connectivity index (χ1n) is 10.9. The summed E-state index contributed by atoms with van der Waals surface area (Å²) in [6.07, 6.45) is 0.856. The van der Waals surface area contributed by atoms with E-state index in [1.807, 2.05) is 36.4 Å². The summed E-state index contributed by atoms with van der Waals surface area (Å²) in [6, 6.07) is 17.1. The van der Waals surface area contributed by atoms with E-state index >= 15 is 0 Å². The van der Waals surface area contributed by atoms with Crippen LogP contribution in [0.25, 0.3) is 0 Å². The molecule has 8 heteroatoms. The first kappa shape index (κ1) is 25.9. The molecular formula is C25H32N2O6. The average Bonchev–Trinajstić information content (AvgIpc) is 2.79. The van der Waals surface area contributed by atoms with Crippen molar-refractivity contribution in [3.63, 3.8) is 0 Å². The van der Waals surface area contributed by atoms with Crippen molar-refractivity contribution in [2.45, 2.75) is 58.3 Å². The predicted octanol–water partition coefficient (Wildman–Crippen LogP) is 4.16. The fraction of sp³-hybridized carbons (Fsp3) is 0.400. The van der Waals surface area contributed by atoms with Gasteiger partial charge in [0.05, 0.1) is 5.56 Å².